The molecule has 0 aliphatic heterocycles. The second-order valence-corrected chi connectivity index (χ2v) is 7.34. The molecule has 0 spiro atoms. The van der Waals surface area contributed by atoms with Gasteiger partial charge in [0, 0.05) is 24.3 Å². The lowest BCUT2D eigenvalue weighted by atomic mass is 9.59. The minimum absolute atomic E-state index is 0.102. The zero-order valence-corrected chi connectivity index (χ0v) is 14.5. The van der Waals surface area contributed by atoms with Gasteiger partial charge in [-0.3, -0.25) is 4.79 Å². The number of nitrogens with one attached hydrogen (secondary N) is 1. The van der Waals surface area contributed by atoms with Gasteiger partial charge in [0.05, 0.1) is 0 Å². The van der Waals surface area contributed by atoms with Gasteiger partial charge in [-0.1, -0.05) is 62.4 Å². The third-order valence-corrected chi connectivity index (χ3v) is 6.02. The van der Waals surface area contributed by atoms with Gasteiger partial charge in [-0.2, -0.15) is 0 Å². The maximum absolute atomic E-state index is 12.2. The third-order valence-electron chi connectivity index (χ3n) is 6.02. The highest BCUT2D eigenvalue weighted by Crippen LogP contribution is 2.55. The van der Waals surface area contributed by atoms with Gasteiger partial charge in [-0.05, 0) is 41.0 Å². The van der Waals surface area contributed by atoms with Crippen molar-refractivity contribution in [2.45, 2.75) is 38.5 Å². The minimum Gasteiger partial charge on any atom is -0.356 e. The van der Waals surface area contributed by atoms with Crippen LogP contribution in [0.4, 0.5) is 0 Å². The molecule has 2 bridgehead atoms. The van der Waals surface area contributed by atoms with E-state index in [0.29, 0.717) is 17.8 Å². The first-order valence-electron chi connectivity index (χ1n) is 9.16. The van der Waals surface area contributed by atoms with E-state index < -0.39 is 0 Å². The van der Waals surface area contributed by atoms with E-state index in [9.17, 15) is 4.79 Å². The highest BCUT2D eigenvalue weighted by molar-refractivity contribution is 5.78. The van der Waals surface area contributed by atoms with Crippen molar-refractivity contribution < 1.29 is 4.79 Å². The zero-order valence-electron chi connectivity index (χ0n) is 14.5. The van der Waals surface area contributed by atoms with E-state index in [-0.39, 0.29) is 11.8 Å². The van der Waals surface area contributed by atoms with Gasteiger partial charge in [-0.15, -0.1) is 0 Å². The molecule has 3 aliphatic carbocycles. The summed E-state index contributed by atoms with van der Waals surface area (Å²) in [5.74, 6) is 1.69. The fraction of sp³-hybridized carbons (Fsp3) is 0.409. The summed E-state index contributed by atoms with van der Waals surface area (Å²) in [5, 5.41) is 3.21. The topological polar surface area (TPSA) is 29.1 Å². The van der Waals surface area contributed by atoms with E-state index in [4.69, 9.17) is 0 Å². The molecule has 0 aromatic heterocycles. The predicted octanol–water partition coefficient (Wildman–Crippen LogP) is 4.45. The van der Waals surface area contributed by atoms with E-state index in [0.717, 1.165) is 19.4 Å². The van der Waals surface area contributed by atoms with Crippen molar-refractivity contribution in [1.29, 1.82) is 0 Å². The van der Waals surface area contributed by atoms with Crippen molar-refractivity contribution in [3.8, 4) is 0 Å². The fourth-order valence-corrected chi connectivity index (χ4v) is 4.55. The van der Waals surface area contributed by atoms with Crippen molar-refractivity contribution in [1.82, 2.24) is 5.32 Å². The molecule has 2 nitrogen and oxygen atoms in total. The van der Waals surface area contributed by atoms with Gasteiger partial charge in [0.15, 0.2) is 0 Å². The lowest BCUT2D eigenvalue weighted by Crippen LogP contribution is -2.40. The molecule has 2 aromatic rings. The number of rotatable bonds is 4. The lowest BCUT2D eigenvalue weighted by Gasteiger charge is -2.45. The van der Waals surface area contributed by atoms with Gasteiger partial charge in [0.2, 0.25) is 5.91 Å². The quantitative estimate of drug-likeness (QED) is 0.886. The lowest BCUT2D eigenvalue weighted by molar-refractivity contribution is -0.124. The summed E-state index contributed by atoms with van der Waals surface area (Å²) in [7, 11) is 0. The Morgan fingerprint density at radius 2 is 1.58 bits per heavy atom. The Kier molecular flexibility index (Phi) is 3.91. The molecule has 2 aromatic carbocycles. The third kappa shape index (κ3) is 2.36. The van der Waals surface area contributed by atoms with E-state index in [2.05, 4.69) is 60.8 Å². The van der Waals surface area contributed by atoms with Crippen LogP contribution in [-0.4, -0.2) is 12.5 Å². The van der Waals surface area contributed by atoms with E-state index in [1.807, 2.05) is 6.92 Å². The Balaban J connectivity index is 1.65. The number of fused-ring (bicyclic) bond motifs is 1. The van der Waals surface area contributed by atoms with Crippen molar-refractivity contribution >= 4 is 5.91 Å². The van der Waals surface area contributed by atoms with Crippen LogP contribution in [0.2, 0.25) is 0 Å². The van der Waals surface area contributed by atoms with Crippen molar-refractivity contribution in [2.24, 2.45) is 11.8 Å². The molecule has 2 heteroatoms. The fourth-order valence-electron chi connectivity index (χ4n) is 4.55. The average Bonchev–Trinajstić information content (AvgIpc) is 2.65. The number of benzene rings is 2. The Morgan fingerprint density at radius 1 is 1.04 bits per heavy atom. The molecule has 1 amide bonds. The van der Waals surface area contributed by atoms with Crippen LogP contribution in [0, 0.1) is 11.8 Å². The second-order valence-electron chi connectivity index (χ2n) is 7.34. The molecule has 0 heterocycles. The number of carbonyl (C=O) groups excluding carboxylic acids is 1. The van der Waals surface area contributed by atoms with Crippen LogP contribution in [0.25, 0.3) is 0 Å². The summed E-state index contributed by atoms with van der Waals surface area (Å²) in [6.45, 7) is 4.86. The molecule has 124 valence electrons. The SMILES string of the molecule is CC[C@@H](C)C(=O)NC[C@@H]1CC2c3ccccc3C1c1ccccc12. The van der Waals surface area contributed by atoms with Gasteiger partial charge < -0.3 is 5.32 Å². The maximum atomic E-state index is 12.2. The molecular weight excluding hydrogens is 294 g/mol. The first-order chi connectivity index (χ1) is 11.7. The van der Waals surface area contributed by atoms with Crippen LogP contribution in [0.15, 0.2) is 48.5 Å². The number of amides is 1. The summed E-state index contributed by atoms with van der Waals surface area (Å²) in [4.78, 5) is 12.2. The average molecular weight is 319 g/mol. The van der Waals surface area contributed by atoms with Crippen LogP contribution >= 0.6 is 0 Å². The Morgan fingerprint density at radius 3 is 2.12 bits per heavy atom. The van der Waals surface area contributed by atoms with Crippen molar-refractivity contribution in [2.75, 3.05) is 6.54 Å². The molecule has 2 atom stereocenters. The molecule has 0 saturated carbocycles. The summed E-state index contributed by atoms with van der Waals surface area (Å²) in [6, 6.07) is 17.8. The maximum Gasteiger partial charge on any atom is 0.222 e. The highest BCUT2D eigenvalue weighted by Gasteiger charge is 2.42. The molecule has 1 N–H and O–H groups in total. The molecule has 24 heavy (non-hydrogen) atoms. The van der Waals surface area contributed by atoms with Crippen molar-refractivity contribution in [3.05, 3.63) is 70.8 Å². The number of hydrogen-bond donors (Lipinski definition) is 1. The smallest absolute Gasteiger partial charge is 0.222 e. The first kappa shape index (κ1) is 15.4. The highest BCUT2D eigenvalue weighted by atomic mass is 16.1. The Bertz CT molecular complexity index is 719. The van der Waals surface area contributed by atoms with Crippen LogP contribution in [0.1, 0.15) is 60.8 Å². The summed E-state index contributed by atoms with van der Waals surface area (Å²) < 4.78 is 0. The standard InChI is InChI=1S/C22H25NO/c1-3-14(2)22(24)23-13-15-12-20-16-8-4-6-10-18(16)21(15)19-11-7-5-9-17(19)20/h4-11,14-15,20-21H,3,12-13H2,1-2H3,(H,23,24)/t14-,15+,20?,21?/m1/s1. The molecule has 3 aliphatic rings. The molecule has 0 unspecified atom stereocenters. The van der Waals surface area contributed by atoms with Gasteiger partial charge in [0.25, 0.3) is 0 Å². The van der Waals surface area contributed by atoms with E-state index >= 15 is 0 Å². The van der Waals surface area contributed by atoms with Gasteiger partial charge >= 0.3 is 0 Å². The largest absolute Gasteiger partial charge is 0.356 e. The molecular formula is C22H25NO. The summed E-state index contributed by atoms with van der Waals surface area (Å²) in [6.07, 6.45) is 2.04. The van der Waals surface area contributed by atoms with Crippen LogP contribution in [0.3, 0.4) is 0 Å². The van der Waals surface area contributed by atoms with Crippen molar-refractivity contribution in [3.63, 3.8) is 0 Å². The normalized spacial score (nSPS) is 24.8. The zero-order chi connectivity index (χ0) is 16.7. The molecule has 5 rings (SSSR count). The second kappa shape index (κ2) is 6.08. The van der Waals surface area contributed by atoms with Gasteiger partial charge in [0.1, 0.15) is 0 Å². The molecule has 0 saturated heterocycles. The summed E-state index contributed by atoms with van der Waals surface area (Å²) >= 11 is 0. The van der Waals surface area contributed by atoms with Crippen LogP contribution in [0.5, 0.6) is 0 Å². The molecule has 0 fully saturated rings. The minimum atomic E-state index is 0.102. The van der Waals surface area contributed by atoms with E-state index in [1.54, 1.807) is 0 Å². The van der Waals surface area contributed by atoms with Crippen LogP contribution in [-0.2, 0) is 4.79 Å². The Hall–Kier alpha value is -2.09. The predicted molar refractivity (Wildman–Crippen MR) is 97.1 cm³/mol. The first-order valence-corrected chi connectivity index (χ1v) is 9.16. The Labute approximate surface area is 144 Å². The van der Waals surface area contributed by atoms with E-state index in [1.165, 1.54) is 22.3 Å². The summed E-state index contributed by atoms with van der Waals surface area (Å²) in [5.41, 5.74) is 5.92. The number of hydrogen-bond acceptors (Lipinski definition) is 1. The van der Waals surface area contributed by atoms with Crippen LogP contribution < -0.4 is 5.32 Å². The monoisotopic (exact) mass is 319 g/mol. The number of carbonyl (C=O) groups is 1. The van der Waals surface area contributed by atoms with Gasteiger partial charge in [-0.25, -0.2) is 0 Å². The molecule has 0 radical (unpaired) electrons.